The zero-order chi connectivity index (χ0) is 23.9. The second kappa shape index (κ2) is 8.89. The van der Waals surface area contributed by atoms with Crippen LogP contribution < -0.4 is 10.8 Å². The zero-order valence-electron chi connectivity index (χ0n) is 20.6. The van der Waals surface area contributed by atoms with Crippen molar-refractivity contribution in [3.8, 4) is 5.95 Å². The number of hydrogen-bond acceptors (Lipinski definition) is 5. The Hall–Kier alpha value is -3.16. The van der Waals surface area contributed by atoms with Gasteiger partial charge in [0.05, 0.1) is 5.52 Å². The Morgan fingerprint density at radius 2 is 1.71 bits per heavy atom. The van der Waals surface area contributed by atoms with E-state index in [2.05, 4.69) is 74.0 Å². The quantitative estimate of drug-likeness (QED) is 0.442. The highest BCUT2D eigenvalue weighted by Gasteiger charge is 2.34. The molecule has 0 spiro atoms. The van der Waals surface area contributed by atoms with Crippen molar-refractivity contribution in [2.24, 2.45) is 5.41 Å². The number of benzene rings is 2. The van der Waals surface area contributed by atoms with Gasteiger partial charge in [0.15, 0.2) is 0 Å². The Bertz CT molecular complexity index is 1320. The summed E-state index contributed by atoms with van der Waals surface area (Å²) in [6, 6.07) is 18.8. The summed E-state index contributed by atoms with van der Waals surface area (Å²) in [7, 11) is -0.365. The van der Waals surface area contributed by atoms with Crippen LogP contribution in [0.1, 0.15) is 36.4 Å². The standard InChI is InChI=1S/C27H31BN4O2/c1-18-14-22-23(28-33-16-27(4,5)17-34-28)12-9-13-24(22)32(18)26-30-20(3)19(2)25(31-26)29-15-21-10-7-6-8-11-21/h6-14H,15-17H2,1-5H3,(H,29,30,31). The van der Waals surface area contributed by atoms with Crippen LogP contribution in [0.3, 0.4) is 0 Å². The van der Waals surface area contributed by atoms with Crippen LogP contribution in [0.25, 0.3) is 16.9 Å². The van der Waals surface area contributed by atoms with Gasteiger partial charge in [-0.05, 0) is 43.9 Å². The van der Waals surface area contributed by atoms with E-state index in [9.17, 15) is 0 Å². The summed E-state index contributed by atoms with van der Waals surface area (Å²) in [6.45, 7) is 12.5. The lowest BCUT2D eigenvalue weighted by Crippen LogP contribution is -2.47. The van der Waals surface area contributed by atoms with Gasteiger partial charge in [-0.25, -0.2) is 4.98 Å². The topological polar surface area (TPSA) is 61.2 Å². The van der Waals surface area contributed by atoms with Crippen molar-refractivity contribution in [2.45, 2.75) is 41.2 Å². The van der Waals surface area contributed by atoms with Crippen LogP contribution in [0.4, 0.5) is 5.82 Å². The molecular formula is C27H31BN4O2. The normalized spacial score (nSPS) is 15.6. The summed E-state index contributed by atoms with van der Waals surface area (Å²) in [6.07, 6.45) is 0. The molecule has 1 fully saturated rings. The lowest BCUT2D eigenvalue weighted by molar-refractivity contribution is 0.0344. The fraction of sp³-hybridized carbons (Fsp3) is 0.333. The molecule has 0 bridgehead atoms. The third-order valence-corrected chi connectivity index (χ3v) is 6.45. The smallest absolute Gasteiger partial charge is 0.407 e. The molecule has 2 aromatic carbocycles. The molecule has 0 saturated carbocycles. The first-order chi connectivity index (χ1) is 16.3. The van der Waals surface area contributed by atoms with Crippen LogP contribution in [-0.4, -0.2) is 34.9 Å². The number of fused-ring (bicyclic) bond motifs is 1. The molecule has 0 unspecified atom stereocenters. The van der Waals surface area contributed by atoms with Gasteiger partial charge in [0.2, 0.25) is 5.95 Å². The minimum Gasteiger partial charge on any atom is -0.407 e. The number of aromatic nitrogens is 3. The molecule has 0 radical (unpaired) electrons. The summed E-state index contributed by atoms with van der Waals surface area (Å²) in [4.78, 5) is 9.79. The van der Waals surface area contributed by atoms with E-state index in [1.807, 2.05) is 25.1 Å². The maximum Gasteiger partial charge on any atom is 0.494 e. The van der Waals surface area contributed by atoms with Crippen molar-refractivity contribution in [1.29, 1.82) is 0 Å². The number of aryl methyl sites for hydroxylation is 2. The maximum atomic E-state index is 6.10. The Labute approximate surface area is 201 Å². The van der Waals surface area contributed by atoms with Crippen LogP contribution in [0, 0.1) is 26.2 Å². The predicted molar refractivity (Wildman–Crippen MR) is 138 cm³/mol. The Morgan fingerprint density at radius 1 is 0.971 bits per heavy atom. The Morgan fingerprint density at radius 3 is 2.44 bits per heavy atom. The number of nitrogens with one attached hydrogen (secondary N) is 1. The highest BCUT2D eigenvalue weighted by molar-refractivity contribution is 6.64. The molecular weight excluding hydrogens is 423 g/mol. The molecule has 0 amide bonds. The van der Waals surface area contributed by atoms with E-state index in [1.54, 1.807) is 0 Å². The molecule has 5 rings (SSSR count). The summed E-state index contributed by atoms with van der Waals surface area (Å²) in [5.74, 6) is 1.51. The van der Waals surface area contributed by atoms with Crippen LogP contribution in [0.15, 0.2) is 54.6 Å². The van der Waals surface area contributed by atoms with Gasteiger partial charge in [-0.3, -0.25) is 4.57 Å². The first-order valence-electron chi connectivity index (χ1n) is 11.8. The van der Waals surface area contributed by atoms with Crippen LogP contribution >= 0.6 is 0 Å². The van der Waals surface area contributed by atoms with Gasteiger partial charge in [0.1, 0.15) is 5.82 Å². The second-order valence-electron chi connectivity index (χ2n) is 9.94. The Balaban J connectivity index is 1.52. The number of rotatable bonds is 5. The van der Waals surface area contributed by atoms with Crippen molar-refractivity contribution in [3.63, 3.8) is 0 Å². The van der Waals surface area contributed by atoms with Crippen molar-refractivity contribution < 1.29 is 9.31 Å². The lowest BCUT2D eigenvalue weighted by Gasteiger charge is -2.33. The van der Waals surface area contributed by atoms with E-state index in [-0.39, 0.29) is 12.5 Å². The van der Waals surface area contributed by atoms with Crippen molar-refractivity contribution >= 4 is 29.3 Å². The number of hydrogen-bond donors (Lipinski definition) is 1. The molecule has 4 aromatic rings. The molecule has 1 N–H and O–H groups in total. The van der Waals surface area contributed by atoms with Gasteiger partial charge in [-0.15, -0.1) is 0 Å². The SMILES string of the molecule is Cc1nc(-n2c(C)cc3c(B4OCC(C)(C)CO4)cccc32)nc(NCc2ccccc2)c1C. The zero-order valence-corrected chi connectivity index (χ0v) is 20.6. The predicted octanol–water partition coefficient (Wildman–Crippen LogP) is 4.73. The molecule has 0 aliphatic carbocycles. The van der Waals surface area contributed by atoms with E-state index in [4.69, 9.17) is 19.3 Å². The fourth-order valence-corrected chi connectivity index (χ4v) is 4.40. The molecule has 1 aliphatic heterocycles. The monoisotopic (exact) mass is 454 g/mol. The first kappa shape index (κ1) is 22.6. The molecule has 34 heavy (non-hydrogen) atoms. The third-order valence-electron chi connectivity index (χ3n) is 6.45. The fourth-order valence-electron chi connectivity index (χ4n) is 4.40. The van der Waals surface area contributed by atoms with Crippen molar-refractivity contribution in [2.75, 3.05) is 18.5 Å². The van der Waals surface area contributed by atoms with Crippen LogP contribution in [-0.2, 0) is 15.9 Å². The van der Waals surface area contributed by atoms with E-state index in [1.165, 1.54) is 5.56 Å². The average molecular weight is 454 g/mol. The van der Waals surface area contributed by atoms with E-state index in [0.29, 0.717) is 25.7 Å². The number of anilines is 1. The molecule has 1 aliphatic rings. The van der Waals surface area contributed by atoms with Gasteiger partial charge in [-0.2, -0.15) is 4.98 Å². The first-order valence-corrected chi connectivity index (χ1v) is 11.8. The molecule has 7 heteroatoms. The second-order valence-corrected chi connectivity index (χ2v) is 9.94. The van der Waals surface area contributed by atoms with Gasteiger partial charge >= 0.3 is 7.12 Å². The summed E-state index contributed by atoms with van der Waals surface area (Å²) >= 11 is 0. The van der Waals surface area contributed by atoms with Gasteiger partial charge in [0.25, 0.3) is 0 Å². The van der Waals surface area contributed by atoms with Crippen molar-refractivity contribution in [3.05, 3.63) is 77.1 Å². The van der Waals surface area contributed by atoms with Gasteiger partial charge in [-0.1, -0.05) is 56.3 Å². The molecule has 2 aromatic heterocycles. The highest BCUT2D eigenvalue weighted by atomic mass is 16.6. The van der Waals surface area contributed by atoms with E-state index < -0.39 is 0 Å². The molecule has 3 heterocycles. The lowest BCUT2D eigenvalue weighted by atomic mass is 9.74. The molecule has 174 valence electrons. The van der Waals surface area contributed by atoms with Gasteiger partial charge in [0, 0.05) is 47.5 Å². The van der Waals surface area contributed by atoms with Gasteiger partial charge < -0.3 is 14.6 Å². The average Bonchev–Trinajstić information content (AvgIpc) is 3.16. The summed E-state index contributed by atoms with van der Waals surface area (Å²) in [5.41, 5.74) is 6.41. The summed E-state index contributed by atoms with van der Waals surface area (Å²) < 4.78 is 14.3. The minimum absolute atomic E-state index is 0.0304. The van der Waals surface area contributed by atoms with Crippen LogP contribution in [0.5, 0.6) is 0 Å². The van der Waals surface area contributed by atoms with Crippen LogP contribution in [0.2, 0.25) is 0 Å². The molecule has 6 nitrogen and oxygen atoms in total. The Kier molecular flexibility index (Phi) is 5.92. The van der Waals surface area contributed by atoms with E-state index >= 15 is 0 Å². The highest BCUT2D eigenvalue weighted by Crippen LogP contribution is 2.27. The number of nitrogens with zero attached hydrogens (tertiary/aromatic N) is 3. The minimum atomic E-state index is -0.365. The third kappa shape index (κ3) is 4.33. The largest absolute Gasteiger partial charge is 0.494 e. The molecule has 0 atom stereocenters. The van der Waals surface area contributed by atoms with Crippen molar-refractivity contribution in [1.82, 2.24) is 14.5 Å². The summed E-state index contributed by atoms with van der Waals surface area (Å²) in [5, 5.41) is 4.61. The van der Waals surface area contributed by atoms with E-state index in [0.717, 1.165) is 39.1 Å². The molecule has 1 saturated heterocycles. The maximum absolute atomic E-state index is 6.10.